The highest BCUT2D eigenvalue weighted by molar-refractivity contribution is 7.89. The minimum absolute atomic E-state index is 0.0444. The fourth-order valence-corrected chi connectivity index (χ4v) is 4.52. The number of hydrogen-bond acceptors (Lipinski definition) is 6. The Balaban J connectivity index is 1.85. The lowest BCUT2D eigenvalue weighted by Crippen LogP contribution is -2.45. The van der Waals surface area contributed by atoms with Crippen LogP contribution in [0.15, 0.2) is 77.7 Å². The molecule has 8 nitrogen and oxygen atoms in total. The van der Waals surface area contributed by atoms with E-state index >= 15 is 0 Å². The molecule has 3 rings (SSSR count). The maximum atomic E-state index is 13.2. The van der Waals surface area contributed by atoms with Crippen LogP contribution in [0.2, 0.25) is 0 Å². The number of anilines is 1. The van der Waals surface area contributed by atoms with Crippen LogP contribution in [0.1, 0.15) is 12.5 Å². The summed E-state index contributed by atoms with van der Waals surface area (Å²) in [6.45, 7) is 2.41. The molecule has 2 N–H and O–H groups in total. The van der Waals surface area contributed by atoms with Crippen molar-refractivity contribution in [2.24, 2.45) is 0 Å². The van der Waals surface area contributed by atoms with E-state index in [2.05, 4.69) is 10.0 Å². The molecule has 0 saturated carbocycles. The smallest absolute Gasteiger partial charge is 0.242 e. The fraction of sp³-hybridized carbons (Fsp3) is 0.240. The third-order valence-corrected chi connectivity index (χ3v) is 6.46. The van der Waals surface area contributed by atoms with Gasteiger partial charge in [0.25, 0.3) is 0 Å². The number of hydrogen-bond donors (Lipinski definition) is 2. The number of carbonyl (C=O) groups excluding carboxylic acids is 1. The topological polar surface area (TPSA) is 103 Å². The molecule has 0 bridgehead atoms. The fourth-order valence-electron chi connectivity index (χ4n) is 3.31. The van der Waals surface area contributed by atoms with Gasteiger partial charge in [-0.1, -0.05) is 30.3 Å². The molecule has 0 fully saturated rings. The normalized spacial score (nSPS) is 12.0. The Bertz CT molecular complexity index is 1200. The first kappa shape index (κ1) is 25.1. The van der Waals surface area contributed by atoms with Crippen molar-refractivity contribution < 1.29 is 27.4 Å². The Kier molecular flexibility index (Phi) is 8.50. The average molecular weight is 485 g/mol. The minimum atomic E-state index is -4.05. The Labute approximate surface area is 199 Å². The second-order valence-electron chi connectivity index (χ2n) is 7.33. The second kappa shape index (κ2) is 11.5. The zero-order chi connectivity index (χ0) is 24.6. The number of benzene rings is 3. The lowest BCUT2D eigenvalue weighted by Gasteiger charge is -2.19. The highest BCUT2D eigenvalue weighted by atomic mass is 32.2. The molecule has 0 aliphatic rings. The number of carbonyl (C=O) groups is 1. The van der Waals surface area contributed by atoms with Crippen LogP contribution in [0, 0.1) is 0 Å². The largest absolute Gasteiger partial charge is 0.494 e. The maximum Gasteiger partial charge on any atom is 0.242 e. The van der Waals surface area contributed by atoms with Gasteiger partial charge in [-0.05, 0) is 55.3 Å². The van der Waals surface area contributed by atoms with Gasteiger partial charge in [-0.15, -0.1) is 0 Å². The molecular formula is C25H28N2O6S. The van der Waals surface area contributed by atoms with Gasteiger partial charge in [-0.2, -0.15) is 4.72 Å². The Morgan fingerprint density at radius 3 is 2.21 bits per heavy atom. The summed E-state index contributed by atoms with van der Waals surface area (Å²) in [6, 6.07) is 19.2. The van der Waals surface area contributed by atoms with E-state index in [4.69, 9.17) is 14.2 Å². The van der Waals surface area contributed by atoms with Crippen molar-refractivity contribution in [3.05, 3.63) is 78.4 Å². The number of methoxy groups -OCH3 is 2. The molecule has 0 spiro atoms. The van der Waals surface area contributed by atoms with Gasteiger partial charge in [0.15, 0.2) is 11.5 Å². The van der Waals surface area contributed by atoms with Crippen LogP contribution < -0.4 is 24.2 Å². The van der Waals surface area contributed by atoms with E-state index in [0.717, 1.165) is 5.56 Å². The van der Waals surface area contributed by atoms with Crippen LogP contribution in [0.25, 0.3) is 0 Å². The lowest BCUT2D eigenvalue weighted by molar-refractivity contribution is -0.117. The molecule has 180 valence electrons. The first-order valence-electron chi connectivity index (χ1n) is 10.7. The Morgan fingerprint density at radius 2 is 1.59 bits per heavy atom. The summed E-state index contributed by atoms with van der Waals surface area (Å²) >= 11 is 0. The highest BCUT2D eigenvalue weighted by Crippen LogP contribution is 2.29. The van der Waals surface area contributed by atoms with Gasteiger partial charge >= 0.3 is 0 Å². The molecule has 0 aliphatic heterocycles. The lowest BCUT2D eigenvalue weighted by atomic mass is 10.1. The van der Waals surface area contributed by atoms with Gasteiger partial charge in [0.1, 0.15) is 11.8 Å². The van der Waals surface area contributed by atoms with Crippen LogP contribution in [-0.2, 0) is 21.2 Å². The molecule has 9 heteroatoms. The molecule has 0 aromatic heterocycles. The number of sulfonamides is 1. The molecular weight excluding hydrogens is 456 g/mol. The zero-order valence-electron chi connectivity index (χ0n) is 19.3. The summed E-state index contributed by atoms with van der Waals surface area (Å²) in [4.78, 5) is 13.1. The van der Waals surface area contributed by atoms with Crippen LogP contribution in [0.3, 0.4) is 0 Å². The van der Waals surface area contributed by atoms with Gasteiger partial charge in [0, 0.05) is 11.8 Å². The molecule has 0 saturated heterocycles. The monoisotopic (exact) mass is 484 g/mol. The summed E-state index contributed by atoms with van der Waals surface area (Å²) in [7, 11) is -1.17. The predicted octanol–water partition coefficient (Wildman–Crippen LogP) is 3.63. The van der Waals surface area contributed by atoms with Crippen molar-refractivity contribution in [3.63, 3.8) is 0 Å². The number of amides is 1. The minimum Gasteiger partial charge on any atom is -0.494 e. The molecule has 0 radical (unpaired) electrons. The van der Waals surface area contributed by atoms with E-state index < -0.39 is 22.0 Å². The van der Waals surface area contributed by atoms with Crippen molar-refractivity contribution in [2.45, 2.75) is 24.3 Å². The van der Waals surface area contributed by atoms with E-state index in [9.17, 15) is 13.2 Å². The highest BCUT2D eigenvalue weighted by Gasteiger charge is 2.27. The summed E-state index contributed by atoms with van der Waals surface area (Å²) < 4.78 is 44.7. The van der Waals surface area contributed by atoms with Gasteiger partial charge in [-0.3, -0.25) is 4.79 Å². The Morgan fingerprint density at radius 1 is 0.912 bits per heavy atom. The van der Waals surface area contributed by atoms with Crippen LogP contribution in [-0.4, -0.2) is 41.2 Å². The van der Waals surface area contributed by atoms with Gasteiger partial charge in [0.2, 0.25) is 15.9 Å². The molecule has 1 atom stereocenters. The van der Waals surface area contributed by atoms with Crippen LogP contribution in [0.5, 0.6) is 17.2 Å². The van der Waals surface area contributed by atoms with Crippen LogP contribution >= 0.6 is 0 Å². The average Bonchev–Trinajstić information content (AvgIpc) is 2.85. The predicted molar refractivity (Wildman–Crippen MR) is 130 cm³/mol. The third kappa shape index (κ3) is 6.49. The van der Waals surface area contributed by atoms with Crippen molar-refractivity contribution in [2.75, 3.05) is 26.1 Å². The Hall–Kier alpha value is -3.56. The quantitative estimate of drug-likeness (QED) is 0.431. The van der Waals surface area contributed by atoms with Crippen molar-refractivity contribution in [1.82, 2.24) is 4.72 Å². The van der Waals surface area contributed by atoms with Crippen molar-refractivity contribution >= 4 is 21.6 Å². The molecule has 0 heterocycles. The first-order chi connectivity index (χ1) is 16.4. The third-order valence-electron chi connectivity index (χ3n) is 4.99. The molecule has 0 aliphatic carbocycles. The summed E-state index contributed by atoms with van der Waals surface area (Å²) in [5, 5.41) is 2.78. The van der Waals surface area contributed by atoms with Crippen molar-refractivity contribution in [3.8, 4) is 17.2 Å². The first-order valence-corrected chi connectivity index (χ1v) is 12.2. The molecule has 34 heavy (non-hydrogen) atoms. The van der Waals surface area contributed by atoms with Crippen LogP contribution in [0.4, 0.5) is 5.69 Å². The van der Waals surface area contributed by atoms with Gasteiger partial charge in [0.05, 0.1) is 25.7 Å². The number of rotatable bonds is 11. The van der Waals surface area contributed by atoms with Gasteiger partial charge < -0.3 is 19.5 Å². The number of ether oxygens (including phenoxy) is 3. The second-order valence-corrected chi connectivity index (χ2v) is 9.04. The van der Waals surface area contributed by atoms with E-state index in [1.54, 1.807) is 24.3 Å². The maximum absolute atomic E-state index is 13.2. The van der Waals surface area contributed by atoms with E-state index in [1.165, 1.54) is 32.4 Å². The summed E-state index contributed by atoms with van der Waals surface area (Å²) in [5.74, 6) is 0.854. The standard InChI is InChI=1S/C25H28N2O6S/c1-4-33-20-12-10-19(11-13-20)26-25(28)22(16-18-8-6-5-7-9-18)27-34(29,30)21-14-15-23(31-2)24(17-21)32-3/h5-15,17,22,27H,4,16H2,1-3H3,(H,26,28). The summed E-state index contributed by atoms with van der Waals surface area (Å²) in [6.07, 6.45) is 0.163. The molecule has 3 aromatic rings. The molecule has 3 aromatic carbocycles. The van der Waals surface area contributed by atoms with Gasteiger partial charge in [-0.25, -0.2) is 8.42 Å². The van der Waals surface area contributed by atoms with E-state index in [-0.39, 0.29) is 17.1 Å². The SMILES string of the molecule is CCOc1ccc(NC(=O)C(Cc2ccccc2)NS(=O)(=O)c2ccc(OC)c(OC)c2)cc1. The zero-order valence-corrected chi connectivity index (χ0v) is 20.1. The molecule has 1 amide bonds. The van der Waals surface area contributed by atoms with Crippen molar-refractivity contribution in [1.29, 1.82) is 0 Å². The number of nitrogens with one attached hydrogen (secondary N) is 2. The molecule has 1 unspecified atom stereocenters. The summed E-state index contributed by atoms with van der Waals surface area (Å²) in [5.41, 5.74) is 1.33. The van der Waals surface area contributed by atoms with E-state index in [1.807, 2.05) is 37.3 Å². The van der Waals surface area contributed by atoms with E-state index in [0.29, 0.717) is 23.8 Å².